The molecule has 0 aromatic heterocycles. The number of nitrogens with one attached hydrogen (secondary N) is 1. The Balaban J connectivity index is 3.08. The molecule has 0 aliphatic rings. The van der Waals surface area contributed by atoms with Crippen molar-refractivity contribution >= 4 is 27.5 Å². The Labute approximate surface area is 96.6 Å². The van der Waals surface area contributed by atoms with Crippen LogP contribution in [0.25, 0.3) is 0 Å². The van der Waals surface area contributed by atoms with Crippen molar-refractivity contribution in [3.63, 3.8) is 0 Å². The second-order valence-electron chi connectivity index (χ2n) is 3.16. The highest BCUT2D eigenvalue weighted by Crippen LogP contribution is 2.26. The maximum Gasteiger partial charge on any atom is 0.221 e. The van der Waals surface area contributed by atoms with E-state index in [9.17, 15) is 9.90 Å². The van der Waals surface area contributed by atoms with Crippen molar-refractivity contribution in [3.05, 3.63) is 28.2 Å². The number of halogens is 1. The summed E-state index contributed by atoms with van der Waals surface area (Å²) < 4.78 is 0.833. The number of hydrogen-bond acceptors (Lipinski definition) is 3. The van der Waals surface area contributed by atoms with Crippen LogP contribution in [-0.2, 0) is 4.79 Å². The monoisotopic (exact) mass is 272 g/mol. The van der Waals surface area contributed by atoms with E-state index in [1.165, 1.54) is 6.92 Å². The standard InChI is InChI=1S/C10H13BrN2O2/c1-6(14)13-9-3-2-7(11)4-8(9)10(15)5-12/h2-4,10,15H,5,12H2,1H3,(H,13,14). The SMILES string of the molecule is CC(=O)Nc1ccc(Br)cc1C(O)CN. The normalized spacial score (nSPS) is 12.3. The number of hydrogen-bond donors (Lipinski definition) is 3. The van der Waals surface area contributed by atoms with Gasteiger partial charge in [-0.2, -0.15) is 0 Å². The maximum absolute atomic E-state index is 10.9. The highest BCUT2D eigenvalue weighted by atomic mass is 79.9. The van der Waals surface area contributed by atoms with Crippen LogP contribution in [0.4, 0.5) is 5.69 Å². The van der Waals surface area contributed by atoms with Gasteiger partial charge in [-0.05, 0) is 18.2 Å². The van der Waals surface area contributed by atoms with Crippen LogP contribution in [0.2, 0.25) is 0 Å². The molecule has 0 saturated heterocycles. The van der Waals surface area contributed by atoms with Gasteiger partial charge in [0.1, 0.15) is 0 Å². The minimum atomic E-state index is -0.774. The van der Waals surface area contributed by atoms with Gasteiger partial charge in [-0.25, -0.2) is 0 Å². The minimum Gasteiger partial charge on any atom is -0.387 e. The fourth-order valence-electron chi connectivity index (χ4n) is 1.24. The number of amides is 1. The topological polar surface area (TPSA) is 75.3 Å². The van der Waals surface area contributed by atoms with Crippen LogP contribution in [0.5, 0.6) is 0 Å². The van der Waals surface area contributed by atoms with E-state index >= 15 is 0 Å². The molecular formula is C10H13BrN2O2. The molecule has 0 radical (unpaired) electrons. The second-order valence-corrected chi connectivity index (χ2v) is 4.08. The molecule has 4 nitrogen and oxygen atoms in total. The van der Waals surface area contributed by atoms with Gasteiger partial charge in [-0.3, -0.25) is 4.79 Å². The predicted molar refractivity (Wildman–Crippen MR) is 62.5 cm³/mol. The molecule has 1 rings (SSSR count). The summed E-state index contributed by atoms with van der Waals surface area (Å²) in [5.74, 6) is -0.178. The maximum atomic E-state index is 10.9. The fraction of sp³-hybridized carbons (Fsp3) is 0.300. The van der Waals surface area contributed by atoms with Crippen LogP contribution < -0.4 is 11.1 Å². The van der Waals surface area contributed by atoms with Crippen molar-refractivity contribution in [2.45, 2.75) is 13.0 Å². The molecule has 5 heteroatoms. The van der Waals surface area contributed by atoms with Crippen molar-refractivity contribution in [3.8, 4) is 0 Å². The summed E-state index contributed by atoms with van der Waals surface area (Å²) in [5.41, 5.74) is 6.58. The van der Waals surface area contributed by atoms with Crippen LogP contribution >= 0.6 is 15.9 Å². The number of rotatable bonds is 3. The molecule has 1 aromatic carbocycles. The molecule has 0 aliphatic heterocycles. The molecule has 4 N–H and O–H groups in total. The first-order valence-electron chi connectivity index (χ1n) is 4.49. The first-order chi connectivity index (χ1) is 7.04. The third-order valence-electron chi connectivity index (χ3n) is 1.91. The Morgan fingerprint density at radius 1 is 1.67 bits per heavy atom. The molecule has 15 heavy (non-hydrogen) atoms. The number of aliphatic hydroxyl groups excluding tert-OH is 1. The Morgan fingerprint density at radius 2 is 2.33 bits per heavy atom. The molecular weight excluding hydrogens is 260 g/mol. The lowest BCUT2D eigenvalue weighted by atomic mass is 10.1. The molecule has 0 heterocycles. The first kappa shape index (κ1) is 12.2. The van der Waals surface area contributed by atoms with Crippen molar-refractivity contribution < 1.29 is 9.90 Å². The largest absolute Gasteiger partial charge is 0.387 e. The van der Waals surface area contributed by atoms with E-state index in [1.807, 2.05) is 0 Å². The highest BCUT2D eigenvalue weighted by Gasteiger charge is 2.12. The van der Waals surface area contributed by atoms with Crippen molar-refractivity contribution in [1.29, 1.82) is 0 Å². The average molecular weight is 273 g/mol. The average Bonchev–Trinajstić information content (AvgIpc) is 2.19. The van der Waals surface area contributed by atoms with Crippen molar-refractivity contribution in [2.75, 3.05) is 11.9 Å². The highest BCUT2D eigenvalue weighted by molar-refractivity contribution is 9.10. The van der Waals surface area contributed by atoms with E-state index in [4.69, 9.17) is 5.73 Å². The zero-order valence-corrected chi connectivity index (χ0v) is 9.91. The Hall–Kier alpha value is -0.910. The number of carbonyl (C=O) groups is 1. The predicted octanol–water partition coefficient (Wildman–Crippen LogP) is 1.40. The van der Waals surface area contributed by atoms with Gasteiger partial charge < -0.3 is 16.2 Å². The van der Waals surface area contributed by atoms with E-state index in [-0.39, 0.29) is 12.5 Å². The van der Waals surface area contributed by atoms with Gasteiger partial charge in [-0.1, -0.05) is 15.9 Å². The molecule has 1 aromatic rings. The van der Waals surface area contributed by atoms with E-state index in [1.54, 1.807) is 18.2 Å². The van der Waals surface area contributed by atoms with Gasteiger partial charge in [0.15, 0.2) is 0 Å². The van der Waals surface area contributed by atoms with E-state index in [0.717, 1.165) is 4.47 Å². The number of benzene rings is 1. The Kier molecular flexibility index (Phi) is 4.26. The van der Waals surface area contributed by atoms with Gasteiger partial charge in [0, 0.05) is 29.2 Å². The summed E-state index contributed by atoms with van der Waals surface area (Å²) in [6.45, 7) is 1.53. The minimum absolute atomic E-state index is 0.114. The zero-order chi connectivity index (χ0) is 11.4. The van der Waals surface area contributed by atoms with Crippen LogP contribution in [0.1, 0.15) is 18.6 Å². The lowest BCUT2D eigenvalue weighted by Gasteiger charge is -2.14. The number of nitrogens with two attached hydrogens (primary N) is 1. The van der Waals surface area contributed by atoms with Crippen LogP contribution in [-0.4, -0.2) is 17.6 Å². The van der Waals surface area contributed by atoms with Gasteiger partial charge >= 0.3 is 0 Å². The van der Waals surface area contributed by atoms with Crippen LogP contribution in [0.15, 0.2) is 22.7 Å². The molecule has 82 valence electrons. The Bertz CT molecular complexity index is 368. The molecule has 0 bridgehead atoms. The summed E-state index contributed by atoms with van der Waals surface area (Å²) in [6, 6.07) is 5.25. The van der Waals surface area contributed by atoms with E-state index in [0.29, 0.717) is 11.3 Å². The second kappa shape index (κ2) is 5.25. The lowest BCUT2D eigenvalue weighted by Crippen LogP contribution is -2.15. The molecule has 1 amide bonds. The van der Waals surface area contributed by atoms with Crippen molar-refractivity contribution in [2.24, 2.45) is 5.73 Å². The van der Waals surface area contributed by atoms with Crippen LogP contribution in [0.3, 0.4) is 0 Å². The summed E-state index contributed by atoms with van der Waals surface area (Å²) in [6.07, 6.45) is -0.774. The van der Waals surface area contributed by atoms with Crippen molar-refractivity contribution in [1.82, 2.24) is 0 Å². The van der Waals surface area contributed by atoms with E-state index in [2.05, 4.69) is 21.2 Å². The Morgan fingerprint density at radius 3 is 2.87 bits per heavy atom. The molecule has 1 atom stereocenters. The third-order valence-corrected chi connectivity index (χ3v) is 2.40. The summed E-state index contributed by atoms with van der Waals surface area (Å²) in [7, 11) is 0. The third kappa shape index (κ3) is 3.30. The summed E-state index contributed by atoms with van der Waals surface area (Å²) in [4.78, 5) is 10.9. The zero-order valence-electron chi connectivity index (χ0n) is 8.33. The smallest absolute Gasteiger partial charge is 0.221 e. The molecule has 0 spiro atoms. The van der Waals surface area contributed by atoms with Crippen LogP contribution in [0, 0.1) is 0 Å². The molecule has 1 unspecified atom stereocenters. The quantitative estimate of drug-likeness (QED) is 0.779. The number of carbonyl (C=O) groups excluding carboxylic acids is 1. The van der Waals surface area contributed by atoms with Gasteiger partial charge in [0.25, 0.3) is 0 Å². The van der Waals surface area contributed by atoms with E-state index < -0.39 is 6.10 Å². The molecule has 0 fully saturated rings. The summed E-state index contributed by atoms with van der Waals surface area (Å²) >= 11 is 3.30. The number of anilines is 1. The molecule has 0 saturated carbocycles. The number of aliphatic hydroxyl groups is 1. The van der Waals surface area contributed by atoms with Gasteiger partial charge in [0.05, 0.1) is 6.10 Å². The van der Waals surface area contributed by atoms with Gasteiger partial charge in [0.2, 0.25) is 5.91 Å². The fourth-order valence-corrected chi connectivity index (χ4v) is 1.62. The van der Waals surface area contributed by atoms with Gasteiger partial charge in [-0.15, -0.1) is 0 Å². The summed E-state index contributed by atoms with van der Waals surface area (Å²) in [5, 5.41) is 12.3. The molecule has 0 aliphatic carbocycles. The lowest BCUT2D eigenvalue weighted by molar-refractivity contribution is -0.114. The first-order valence-corrected chi connectivity index (χ1v) is 5.29.